The normalized spacial score (nSPS) is 29.4. The maximum absolute atomic E-state index is 10.4. The molecule has 0 aromatic heterocycles. The number of aliphatic hydroxyl groups excluding tert-OH is 4. The number of hydrogen-bond donors (Lipinski definition) is 4. The first-order chi connectivity index (χ1) is 13.9. The van der Waals surface area contributed by atoms with Crippen molar-refractivity contribution in [2.45, 2.75) is 37.0 Å². The fourth-order valence-corrected chi connectivity index (χ4v) is 3.33. The Morgan fingerprint density at radius 2 is 1.76 bits per heavy atom. The summed E-state index contributed by atoms with van der Waals surface area (Å²) in [7, 11) is 1.22. The summed E-state index contributed by atoms with van der Waals surface area (Å²) in [6, 6.07) is 14.3. The molecule has 0 aliphatic carbocycles. The molecule has 4 N–H and O–H groups in total. The Bertz CT molecular complexity index is 802. The molecule has 0 saturated carbocycles. The van der Waals surface area contributed by atoms with E-state index < -0.39 is 37.0 Å². The standard InChI is InChI=1S/C20H23BrO8/c1-26-20(19(25)18(24)17(23)16(10-22)29-20)28-14-7-8-15(21)12(9-14)11-27-13-5-3-2-4-6-13/h2-9,16-19,22-25H,10-11H2,1H3/t16-,17-,18+,19-,20?/m1/s1. The predicted octanol–water partition coefficient (Wildman–Crippen LogP) is 1.18. The molecular formula is C20H23BrO8. The molecule has 5 atom stereocenters. The van der Waals surface area contributed by atoms with Crippen LogP contribution in [0.3, 0.4) is 0 Å². The summed E-state index contributed by atoms with van der Waals surface area (Å²) in [5, 5.41) is 39.9. The lowest BCUT2D eigenvalue weighted by Crippen LogP contribution is -2.68. The van der Waals surface area contributed by atoms with Crippen molar-refractivity contribution in [3.8, 4) is 11.5 Å². The molecule has 1 fully saturated rings. The molecule has 1 aliphatic rings. The van der Waals surface area contributed by atoms with E-state index in [1.165, 1.54) is 7.11 Å². The molecule has 9 heteroatoms. The van der Waals surface area contributed by atoms with E-state index in [2.05, 4.69) is 15.9 Å². The Morgan fingerprint density at radius 3 is 2.41 bits per heavy atom. The van der Waals surface area contributed by atoms with Crippen molar-refractivity contribution in [1.29, 1.82) is 0 Å². The summed E-state index contributed by atoms with van der Waals surface area (Å²) in [4.78, 5) is 0. The second-order valence-corrected chi connectivity index (χ2v) is 7.38. The van der Waals surface area contributed by atoms with Crippen molar-refractivity contribution in [3.63, 3.8) is 0 Å². The van der Waals surface area contributed by atoms with E-state index in [1.807, 2.05) is 30.3 Å². The van der Waals surface area contributed by atoms with Crippen LogP contribution < -0.4 is 9.47 Å². The van der Waals surface area contributed by atoms with Gasteiger partial charge < -0.3 is 39.4 Å². The van der Waals surface area contributed by atoms with Gasteiger partial charge in [0, 0.05) is 17.1 Å². The van der Waals surface area contributed by atoms with Crippen LogP contribution in [0.2, 0.25) is 0 Å². The Morgan fingerprint density at radius 1 is 1.03 bits per heavy atom. The minimum atomic E-state index is -2.11. The van der Waals surface area contributed by atoms with E-state index in [0.29, 0.717) is 5.75 Å². The van der Waals surface area contributed by atoms with Crippen molar-refractivity contribution in [2.75, 3.05) is 13.7 Å². The summed E-state index contributed by atoms with van der Waals surface area (Å²) in [5.41, 5.74) is 0.752. The largest absolute Gasteiger partial charge is 0.489 e. The molecule has 0 amide bonds. The van der Waals surface area contributed by atoms with Gasteiger partial charge in [0.05, 0.1) is 6.61 Å². The van der Waals surface area contributed by atoms with Crippen LogP contribution in [0.4, 0.5) is 0 Å². The van der Waals surface area contributed by atoms with E-state index in [9.17, 15) is 20.4 Å². The molecule has 2 aromatic rings. The molecule has 1 aliphatic heterocycles. The smallest absolute Gasteiger partial charge is 0.357 e. The van der Waals surface area contributed by atoms with Gasteiger partial charge in [0.1, 0.15) is 36.4 Å². The highest BCUT2D eigenvalue weighted by Gasteiger charge is 2.56. The van der Waals surface area contributed by atoms with Gasteiger partial charge in [-0.05, 0) is 30.3 Å². The van der Waals surface area contributed by atoms with Gasteiger partial charge in [0.2, 0.25) is 0 Å². The summed E-state index contributed by atoms with van der Waals surface area (Å²) in [5.74, 6) is -1.15. The molecule has 29 heavy (non-hydrogen) atoms. The first-order valence-corrected chi connectivity index (χ1v) is 9.73. The lowest BCUT2D eigenvalue weighted by molar-refractivity contribution is -0.429. The van der Waals surface area contributed by atoms with E-state index in [4.69, 9.17) is 18.9 Å². The summed E-state index contributed by atoms with van der Waals surface area (Å²) < 4.78 is 23.0. The van der Waals surface area contributed by atoms with Crippen LogP contribution in [-0.2, 0) is 16.1 Å². The van der Waals surface area contributed by atoms with Crippen LogP contribution in [0.1, 0.15) is 5.56 Å². The number of rotatable bonds is 7. The number of para-hydroxylation sites is 1. The van der Waals surface area contributed by atoms with Gasteiger partial charge in [-0.1, -0.05) is 34.1 Å². The van der Waals surface area contributed by atoms with Crippen LogP contribution in [0, 0.1) is 0 Å². The molecule has 158 valence electrons. The van der Waals surface area contributed by atoms with Crippen LogP contribution in [-0.4, -0.2) is 64.5 Å². The zero-order valence-corrected chi connectivity index (χ0v) is 17.2. The molecule has 0 bridgehead atoms. The summed E-state index contributed by atoms with van der Waals surface area (Å²) in [6.07, 6.45) is -6.07. The van der Waals surface area contributed by atoms with Crippen molar-refractivity contribution in [1.82, 2.24) is 0 Å². The Hall–Kier alpha value is -1.72. The molecule has 2 aromatic carbocycles. The van der Waals surface area contributed by atoms with Crippen molar-refractivity contribution < 1.29 is 39.4 Å². The molecule has 3 rings (SSSR count). The van der Waals surface area contributed by atoms with E-state index in [1.54, 1.807) is 18.2 Å². The topological polar surface area (TPSA) is 118 Å². The number of halogens is 1. The minimum Gasteiger partial charge on any atom is -0.489 e. The Balaban J connectivity index is 1.80. The van der Waals surface area contributed by atoms with Gasteiger partial charge in [-0.25, -0.2) is 0 Å². The van der Waals surface area contributed by atoms with Gasteiger partial charge >= 0.3 is 5.97 Å². The van der Waals surface area contributed by atoms with Crippen molar-refractivity contribution in [3.05, 3.63) is 58.6 Å². The Kier molecular flexibility index (Phi) is 7.12. The second kappa shape index (κ2) is 9.40. The second-order valence-electron chi connectivity index (χ2n) is 6.53. The number of hydrogen-bond acceptors (Lipinski definition) is 8. The van der Waals surface area contributed by atoms with E-state index in [-0.39, 0.29) is 12.4 Å². The zero-order chi connectivity index (χ0) is 21.0. The van der Waals surface area contributed by atoms with Crippen LogP contribution >= 0.6 is 15.9 Å². The van der Waals surface area contributed by atoms with Gasteiger partial charge in [-0.3, -0.25) is 0 Å². The third-order valence-electron chi connectivity index (χ3n) is 4.61. The highest BCUT2D eigenvalue weighted by atomic mass is 79.9. The molecule has 8 nitrogen and oxygen atoms in total. The third-order valence-corrected chi connectivity index (χ3v) is 5.39. The Labute approximate surface area is 176 Å². The molecule has 1 heterocycles. The SMILES string of the molecule is COC1(Oc2ccc(Br)c(COc3ccccc3)c2)O[C@H](CO)[C@@H](O)[C@H](O)[C@H]1O. The average Bonchev–Trinajstić information content (AvgIpc) is 2.75. The predicted molar refractivity (Wildman–Crippen MR) is 105 cm³/mol. The molecule has 1 unspecified atom stereocenters. The van der Waals surface area contributed by atoms with E-state index in [0.717, 1.165) is 10.0 Å². The molecule has 0 spiro atoms. The fraction of sp³-hybridized carbons (Fsp3) is 0.400. The number of aliphatic hydroxyl groups is 4. The van der Waals surface area contributed by atoms with Gasteiger partial charge in [-0.15, -0.1) is 0 Å². The highest BCUT2D eigenvalue weighted by Crippen LogP contribution is 2.34. The van der Waals surface area contributed by atoms with Crippen LogP contribution in [0.15, 0.2) is 53.0 Å². The highest BCUT2D eigenvalue weighted by molar-refractivity contribution is 9.10. The molecular weight excluding hydrogens is 448 g/mol. The molecule has 1 saturated heterocycles. The molecule has 0 radical (unpaired) electrons. The first-order valence-electron chi connectivity index (χ1n) is 8.93. The van der Waals surface area contributed by atoms with Crippen LogP contribution in [0.25, 0.3) is 0 Å². The van der Waals surface area contributed by atoms with Gasteiger partial charge in [-0.2, -0.15) is 0 Å². The van der Waals surface area contributed by atoms with Crippen LogP contribution in [0.5, 0.6) is 11.5 Å². The van der Waals surface area contributed by atoms with Crippen molar-refractivity contribution in [2.24, 2.45) is 0 Å². The summed E-state index contributed by atoms with van der Waals surface area (Å²) in [6.45, 7) is -0.359. The summed E-state index contributed by atoms with van der Waals surface area (Å²) >= 11 is 3.46. The monoisotopic (exact) mass is 470 g/mol. The first kappa shape index (κ1) is 22.0. The third kappa shape index (κ3) is 4.72. The minimum absolute atomic E-state index is 0.242. The lowest BCUT2D eigenvalue weighted by Gasteiger charge is -2.46. The number of ether oxygens (including phenoxy) is 4. The fourth-order valence-electron chi connectivity index (χ4n) is 2.97. The number of benzene rings is 2. The van der Waals surface area contributed by atoms with Gasteiger partial charge in [0.15, 0.2) is 6.10 Å². The van der Waals surface area contributed by atoms with E-state index >= 15 is 0 Å². The zero-order valence-electron chi connectivity index (χ0n) is 15.6. The number of methoxy groups -OCH3 is 1. The van der Waals surface area contributed by atoms with Crippen molar-refractivity contribution >= 4 is 15.9 Å². The van der Waals surface area contributed by atoms with Gasteiger partial charge in [0.25, 0.3) is 0 Å². The maximum atomic E-state index is 10.4. The quantitative estimate of drug-likeness (QED) is 0.445. The maximum Gasteiger partial charge on any atom is 0.357 e. The average molecular weight is 471 g/mol. The lowest BCUT2D eigenvalue weighted by atomic mass is 9.97.